The maximum atomic E-state index is 13.3. The van der Waals surface area contributed by atoms with Gasteiger partial charge >= 0.3 is 0 Å². The van der Waals surface area contributed by atoms with Crippen molar-refractivity contribution in [3.8, 4) is 16.1 Å². The lowest BCUT2D eigenvalue weighted by molar-refractivity contribution is 0.102. The van der Waals surface area contributed by atoms with E-state index in [-0.39, 0.29) is 11.3 Å². The fourth-order valence-corrected chi connectivity index (χ4v) is 4.53. The van der Waals surface area contributed by atoms with Gasteiger partial charge in [-0.3, -0.25) is 14.9 Å². The van der Waals surface area contributed by atoms with Crippen LogP contribution in [-0.4, -0.2) is 20.7 Å². The highest BCUT2D eigenvalue weighted by atomic mass is 32.1. The van der Waals surface area contributed by atoms with Crippen LogP contribution in [-0.2, 0) is 0 Å². The zero-order valence-electron chi connectivity index (χ0n) is 17.1. The summed E-state index contributed by atoms with van der Waals surface area (Å²) in [5.74, 6) is -0.417. The van der Waals surface area contributed by atoms with Crippen LogP contribution in [0.4, 0.5) is 5.13 Å². The van der Waals surface area contributed by atoms with Crippen molar-refractivity contribution in [1.29, 1.82) is 0 Å². The number of hydrogen-bond donors (Lipinski definition) is 1. The van der Waals surface area contributed by atoms with E-state index in [1.54, 1.807) is 36.4 Å². The molecule has 1 amide bonds. The lowest BCUT2D eigenvalue weighted by atomic mass is 10.1. The summed E-state index contributed by atoms with van der Waals surface area (Å²) in [6, 6.07) is 26.0. The number of aryl methyl sites for hydroxylation is 1. The fraction of sp³-hybridized carbons (Fsp3) is 0.0400. The average molecular weight is 439 g/mol. The summed E-state index contributed by atoms with van der Waals surface area (Å²) in [6.07, 6.45) is 0. The van der Waals surface area contributed by atoms with E-state index in [9.17, 15) is 9.59 Å². The first-order valence-electron chi connectivity index (χ1n) is 10.0. The van der Waals surface area contributed by atoms with Crippen LogP contribution in [0, 0.1) is 6.92 Å². The third-order valence-electron chi connectivity index (χ3n) is 5.07. The quantitative estimate of drug-likeness (QED) is 0.425. The van der Waals surface area contributed by atoms with E-state index in [1.165, 1.54) is 16.0 Å². The molecule has 0 bridgehead atoms. The molecule has 0 fully saturated rings. The number of benzene rings is 3. The van der Waals surface area contributed by atoms with E-state index in [1.807, 2.05) is 55.5 Å². The monoisotopic (exact) mass is 438 g/mol. The lowest BCUT2D eigenvalue weighted by Crippen LogP contribution is -2.26. The number of nitrogens with one attached hydrogen (secondary N) is 1. The molecule has 0 radical (unpaired) electrons. The first kappa shape index (κ1) is 19.8. The second kappa shape index (κ2) is 8.20. The van der Waals surface area contributed by atoms with Gasteiger partial charge in [0, 0.05) is 5.39 Å². The van der Waals surface area contributed by atoms with E-state index >= 15 is 0 Å². The molecule has 0 aliphatic heterocycles. The van der Waals surface area contributed by atoms with Gasteiger partial charge in [-0.25, -0.2) is 4.98 Å². The van der Waals surface area contributed by atoms with Crippen LogP contribution in [0.5, 0.6) is 0 Å². The molecule has 0 unspecified atom stereocenters. The highest BCUT2D eigenvalue weighted by Gasteiger charge is 2.19. The normalized spacial score (nSPS) is 10.9. The lowest BCUT2D eigenvalue weighted by Gasteiger charge is -2.10. The Hall–Kier alpha value is -4.10. The topological polar surface area (TPSA) is 76.9 Å². The standard InChI is InChI=1S/C25H18N4O2S/c1-16-22(17-10-4-2-5-11-17)32-25(26-16)27-23(30)21-19-14-8-9-15-20(19)24(31)29(28-21)18-12-6-3-7-13-18/h2-15H,1H3,(H,26,27,30). The van der Waals surface area contributed by atoms with Gasteiger partial charge in [0.2, 0.25) is 0 Å². The molecule has 2 heterocycles. The predicted molar refractivity (Wildman–Crippen MR) is 128 cm³/mol. The van der Waals surface area contributed by atoms with Crippen LogP contribution >= 0.6 is 11.3 Å². The molecule has 0 aliphatic carbocycles. The molecule has 7 heteroatoms. The smallest absolute Gasteiger partial charge is 0.279 e. The van der Waals surface area contributed by atoms with Crippen molar-refractivity contribution in [3.63, 3.8) is 0 Å². The second-order valence-electron chi connectivity index (χ2n) is 7.20. The van der Waals surface area contributed by atoms with Crippen molar-refractivity contribution in [2.75, 3.05) is 5.32 Å². The van der Waals surface area contributed by atoms with Crippen molar-refractivity contribution in [1.82, 2.24) is 14.8 Å². The number of carbonyl (C=O) groups is 1. The minimum Gasteiger partial charge on any atom is -0.296 e. The summed E-state index contributed by atoms with van der Waals surface area (Å²) in [6.45, 7) is 1.91. The molecule has 0 saturated carbocycles. The first-order valence-corrected chi connectivity index (χ1v) is 10.8. The van der Waals surface area contributed by atoms with Crippen molar-refractivity contribution in [3.05, 3.63) is 107 Å². The van der Waals surface area contributed by atoms with E-state index < -0.39 is 5.91 Å². The number of anilines is 1. The minimum absolute atomic E-state index is 0.165. The van der Waals surface area contributed by atoms with Crippen LogP contribution in [0.2, 0.25) is 0 Å². The Labute approximate surface area is 187 Å². The highest BCUT2D eigenvalue weighted by Crippen LogP contribution is 2.32. The predicted octanol–water partition coefficient (Wildman–Crippen LogP) is 5.07. The van der Waals surface area contributed by atoms with Gasteiger partial charge in [-0.05, 0) is 30.7 Å². The number of nitrogens with zero attached hydrogens (tertiary/aromatic N) is 3. The number of fused-ring (bicyclic) bond motifs is 1. The Morgan fingerprint density at radius 2 is 1.50 bits per heavy atom. The molecule has 32 heavy (non-hydrogen) atoms. The van der Waals surface area contributed by atoms with Crippen LogP contribution in [0.25, 0.3) is 26.9 Å². The van der Waals surface area contributed by atoms with Gasteiger partial charge < -0.3 is 0 Å². The largest absolute Gasteiger partial charge is 0.296 e. The van der Waals surface area contributed by atoms with Crippen LogP contribution < -0.4 is 10.9 Å². The molecular formula is C25H18N4O2S. The van der Waals surface area contributed by atoms with Gasteiger partial charge in [-0.15, -0.1) is 0 Å². The number of aromatic nitrogens is 3. The van der Waals surface area contributed by atoms with Gasteiger partial charge in [0.25, 0.3) is 11.5 Å². The number of rotatable bonds is 4. The molecule has 0 atom stereocenters. The average Bonchev–Trinajstić information content (AvgIpc) is 3.20. The molecule has 3 aromatic carbocycles. The maximum absolute atomic E-state index is 13.3. The molecule has 6 nitrogen and oxygen atoms in total. The minimum atomic E-state index is -0.417. The number of para-hydroxylation sites is 1. The van der Waals surface area contributed by atoms with E-state index in [0.717, 1.165) is 16.1 Å². The molecule has 5 aromatic rings. The van der Waals surface area contributed by atoms with Crippen LogP contribution in [0.15, 0.2) is 89.7 Å². The van der Waals surface area contributed by atoms with E-state index in [0.29, 0.717) is 21.6 Å². The maximum Gasteiger partial charge on any atom is 0.279 e. The van der Waals surface area contributed by atoms with Gasteiger partial charge in [0.05, 0.1) is 21.6 Å². The fourth-order valence-electron chi connectivity index (χ4n) is 3.56. The van der Waals surface area contributed by atoms with Crippen molar-refractivity contribution >= 4 is 33.1 Å². The molecule has 5 rings (SSSR count). The van der Waals surface area contributed by atoms with Crippen LogP contribution in [0.1, 0.15) is 16.2 Å². The Bertz CT molecular complexity index is 1490. The zero-order valence-corrected chi connectivity index (χ0v) is 18.0. The summed E-state index contributed by atoms with van der Waals surface area (Å²) < 4.78 is 1.26. The van der Waals surface area contributed by atoms with Crippen molar-refractivity contribution in [2.45, 2.75) is 6.92 Å². The van der Waals surface area contributed by atoms with Crippen LogP contribution in [0.3, 0.4) is 0 Å². The summed E-state index contributed by atoms with van der Waals surface area (Å²) in [7, 11) is 0. The SMILES string of the molecule is Cc1nc(NC(=O)c2nn(-c3ccccc3)c(=O)c3ccccc23)sc1-c1ccccc1. The van der Waals surface area contributed by atoms with Gasteiger partial charge in [0.1, 0.15) is 0 Å². The summed E-state index contributed by atoms with van der Waals surface area (Å²) >= 11 is 1.41. The molecule has 1 N–H and O–H groups in total. The Balaban J connectivity index is 1.57. The molecule has 156 valence electrons. The van der Waals surface area contributed by atoms with Gasteiger partial charge in [-0.1, -0.05) is 78.1 Å². The van der Waals surface area contributed by atoms with E-state index in [4.69, 9.17) is 0 Å². The van der Waals surface area contributed by atoms with Crippen molar-refractivity contribution in [2.24, 2.45) is 0 Å². The number of amides is 1. The molecule has 0 spiro atoms. The Morgan fingerprint density at radius 3 is 2.22 bits per heavy atom. The molecule has 2 aromatic heterocycles. The summed E-state index contributed by atoms with van der Waals surface area (Å²) in [4.78, 5) is 31.8. The Morgan fingerprint density at radius 1 is 0.875 bits per heavy atom. The summed E-state index contributed by atoms with van der Waals surface area (Å²) in [5.41, 5.74) is 2.36. The molecule has 0 aliphatic rings. The summed E-state index contributed by atoms with van der Waals surface area (Å²) in [5, 5.41) is 8.70. The third kappa shape index (κ3) is 3.59. The van der Waals surface area contributed by atoms with Crippen molar-refractivity contribution < 1.29 is 4.79 Å². The molecule has 0 saturated heterocycles. The Kier molecular flexibility index (Phi) is 5.09. The number of carbonyl (C=O) groups excluding carboxylic acids is 1. The highest BCUT2D eigenvalue weighted by molar-refractivity contribution is 7.19. The first-order chi connectivity index (χ1) is 15.6. The second-order valence-corrected chi connectivity index (χ2v) is 8.20. The third-order valence-corrected chi connectivity index (χ3v) is 6.20. The van der Waals surface area contributed by atoms with Gasteiger partial charge in [0.15, 0.2) is 10.8 Å². The number of hydrogen-bond acceptors (Lipinski definition) is 5. The van der Waals surface area contributed by atoms with E-state index in [2.05, 4.69) is 15.4 Å². The number of thiazole rings is 1. The molecular weight excluding hydrogens is 420 g/mol. The van der Waals surface area contributed by atoms with Gasteiger partial charge in [-0.2, -0.15) is 9.78 Å². The zero-order chi connectivity index (χ0) is 22.1.